The van der Waals surface area contributed by atoms with Crippen LogP contribution in [0.25, 0.3) is 0 Å². The van der Waals surface area contributed by atoms with Crippen molar-refractivity contribution in [2.75, 3.05) is 20.2 Å². The number of hydrogen-bond donors (Lipinski definition) is 2. The van der Waals surface area contributed by atoms with Crippen LogP contribution in [0.4, 0.5) is 0 Å². The summed E-state index contributed by atoms with van der Waals surface area (Å²) in [5.41, 5.74) is 1.58. The van der Waals surface area contributed by atoms with Crippen molar-refractivity contribution in [1.82, 2.24) is 10.2 Å². The Kier molecular flexibility index (Phi) is 9.67. The molecular formula is C23H27N2O6. The molecule has 0 aliphatic rings. The van der Waals surface area contributed by atoms with Crippen molar-refractivity contribution in [2.45, 2.75) is 31.7 Å². The van der Waals surface area contributed by atoms with E-state index in [2.05, 4.69) is 5.32 Å². The molecule has 0 saturated heterocycles. The molecule has 31 heavy (non-hydrogen) atoms. The minimum absolute atomic E-state index is 0.191. The van der Waals surface area contributed by atoms with Crippen molar-refractivity contribution < 1.29 is 29.0 Å². The Morgan fingerprint density at radius 2 is 1.71 bits per heavy atom. The highest BCUT2D eigenvalue weighted by atomic mass is 16.5. The highest BCUT2D eigenvalue weighted by Crippen LogP contribution is 2.23. The number of rotatable bonds is 13. The second-order valence-corrected chi connectivity index (χ2v) is 6.94. The van der Waals surface area contributed by atoms with Gasteiger partial charge in [0.15, 0.2) is 6.23 Å². The first kappa shape index (κ1) is 24.0. The summed E-state index contributed by atoms with van der Waals surface area (Å²) in [6.45, 7) is 3.38. The van der Waals surface area contributed by atoms with E-state index >= 15 is 0 Å². The number of aliphatic carboxylic acids is 1. The van der Waals surface area contributed by atoms with Gasteiger partial charge in [0.2, 0.25) is 0 Å². The number of ether oxygens (including phenoxy) is 2. The van der Waals surface area contributed by atoms with Gasteiger partial charge in [0.05, 0.1) is 7.11 Å². The molecule has 0 bridgehead atoms. The summed E-state index contributed by atoms with van der Waals surface area (Å²) in [4.78, 5) is 36.4. The molecule has 1 radical (unpaired) electrons. The van der Waals surface area contributed by atoms with Crippen LogP contribution in [0.2, 0.25) is 0 Å². The molecule has 2 aromatic carbocycles. The lowest BCUT2D eigenvalue weighted by Crippen LogP contribution is -2.48. The Labute approximate surface area is 181 Å². The first-order valence-corrected chi connectivity index (χ1v) is 9.89. The predicted molar refractivity (Wildman–Crippen MR) is 114 cm³/mol. The number of hydrogen-bond acceptors (Lipinski definition) is 7. The molecule has 8 nitrogen and oxygen atoms in total. The van der Waals surface area contributed by atoms with Gasteiger partial charge in [-0.2, -0.15) is 0 Å². The fourth-order valence-electron chi connectivity index (χ4n) is 3.25. The minimum Gasteiger partial charge on any atom is -0.480 e. The third kappa shape index (κ3) is 7.20. The number of carboxylic acid groups (broad SMARTS) is 1. The number of carbonyl (C=O) groups excluding carboxylic acids is 2. The van der Waals surface area contributed by atoms with E-state index in [9.17, 15) is 19.5 Å². The van der Waals surface area contributed by atoms with Gasteiger partial charge in [-0.3, -0.25) is 9.59 Å². The Hall–Kier alpha value is -3.23. The lowest BCUT2D eigenvalue weighted by atomic mass is 10.1. The summed E-state index contributed by atoms with van der Waals surface area (Å²) in [6, 6.07) is 16.8. The quantitative estimate of drug-likeness (QED) is 0.369. The number of carbonyl (C=O) groups is 2. The molecule has 165 valence electrons. The molecule has 2 aromatic rings. The molecular weight excluding hydrogens is 400 g/mol. The molecule has 1 unspecified atom stereocenters. The highest BCUT2D eigenvalue weighted by molar-refractivity contribution is 5.76. The van der Waals surface area contributed by atoms with E-state index in [1.807, 2.05) is 36.4 Å². The summed E-state index contributed by atoms with van der Waals surface area (Å²) in [7, 11) is 1.32. The smallest absolute Gasteiger partial charge is 0.419 e. The van der Waals surface area contributed by atoms with Gasteiger partial charge in [-0.1, -0.05) is 60.7 Å². The monoisotopic (exact) mass is 427 g/mol. The fraction of sp³-hybridized carbons (Fsp3) is 0.348. The molecule has 0 saturated carbocycles. The average Bonchev–Trinajstić information content (AvgIpc) is 2.80. The van der Waals surface area contributed by atoms with Crippen LogP contribution in [-0.2, 0) is 30.3 Å². The summed E-state index contributed by atoms with van der Waals surface area (Å²) in [6.07, 6.45) is -0.514. The Morgan fingerprint density at radius 1 is 1.10 bits per heavy atom. The van der Waals surface area contributed by atoms with Crippen molar-refractivity contribution >= 4 is 18.4 Å². The predicted octanol–water partition coefficient (Wildman–Crippen LogP) is 1.92. The topological polar surface area (TPSA) is 105 Å². The van der Waals surface area contributed by atoms with Crippen molar-refractivity contribution in [3.05, 3.63) is 71.8 Å². The Morgan fingerprint density at radius 3 is 2.26 bits per heavy atom. The van der Waals surface area contributed by atoms with Crippen LogP contribution in [0.15, 0.2) is 60.7 Å². The molecule has 0 aromatic heterocycles. The number of benzene rings is 2. The molecule has 0 aliphatic carbocycles. The molecule has 0 amide bonds. The van der Waals surface area contributed by atoms with Gasteiger partial charge < -0.3 is 19.9 Å². The number of nitrogens with zero attached hydrogens (tertiary/aromatic N) is 1. The molecule has 3 atom stereocenters. The van der Waals surface area contributed by atoms with Crippen LogP contribution in [0.1, 0.15) is 24.3 Å². The molecule has 2 N–H and O–H groups in total. The van der Waals surface area contributed by atoms with Gasteiger partial charge in [-0.15, -0.1) is 0 Å². The zero-order chi connectivity index (χ0) is 22.6. The van der Waals surface area contributed by atoms with E-state index in [0.29, 0.717) is 12.0 Å². The van der Waals surface area contributed by atoms with Gasteiger partial charge in [0, 0.05) is 18.7 Å². The lowest BCUT2D eigenvalue weighted by molar-refractivity contribution is -0.148. The lowest BCUT2D eigenvalue weighted by Gasteiger charge is -2.33. The maximum atomic E-state index is 12.2. The standard InChI is InChI=1S/C23H27N2O6/c1-17(22(27)28)25(21(31-16-26)19-11-7-4-8-12-19)14-13-24-20(23(29)30-2)15-18-9-5-3-6-10-18/h3-12,17,20-21,24H,13-15H2,1-2H3,(H,27,28)/t17-,20+,21?/m1/s1. The average molecular weight is 427 g/mol. The van der Waals surface area contributed by atoms with E-state index in [4.69, 9.17) is 9.47 Å². The Bertz CT molecular complexity index is 830. The SMILES string of the molecule is COC(=O)[C@H](Cc1ccccc1)NCCN(C(O[C]=O)c1ccccc1)[C@H](C)C(=O)O. The molecule has 0 fully saturated rings. The third-order valence-electron chi connectivity index (χ3n) is 4.93. The second kappa shape index (κ2) is 12.5. The van der Waals surface area contributed by atoms with E-state index in [1.54, 1.807) is 24.3 Å². The fourth-order valence-corrected chi connectivity index (χ4v) is 3.25. The van der Waals surface area contributed by atoms with Crippen LogP contribution >= 0.6 is 0 Å². The maximum absolute atomic E-state index is 12.2. The largest absolute Gasteiger partial charge is 0.480 e. The van der Waals surface area contributed by atoms with Crippen LogP contribution in [0.5, 0.6) is 0 Å². The Balaban J connectivity index is 2.14. The van der Waals surface area contributed by atoms with Gasteiger partial charge in [-0.05, 0) is 18.9 Å². The van der Waals surface area contributed by atoms with Gasteiger partial charge in [-0.25, -0.2) is 9.69 Å². The number of nitrogens with one attached hydrogen (secondary N) is 1. The van der Waals surface area contributed by atoms with Gasteiger partial charge in [0.1, 0.15) is 12.1 Å². The second-order valence-electron chi connectivity index (χ2n) is 6.94. The van der Waals surface area contributed by atoms with Crippen molar-refractivity contribution in [3.63, 3.8) is 0 Å². The third-order valence-corrected chi connectivity index (χ3v) is 4.93. The summed E-state index contributed by atoms with van der Waals surface area (Å²) in [5, 5.41) is 12.7. The van der Waals surface area contributed by atoms with Crippen molar-refractivity contribution in [3.8, 4) is 0 Å². The number of carboxylic acids is 1. The van der Waals surface area contributed by atoms with Crippen molar-refractivity contribution in [1.29, 1.82) is 0 Å². The zero-order valence-corrected chi connectivity index (χ0v) is 17.6. The van der Waals surface area contributed by atoms with Crippen LogP contribution in [0.3, 0.4) is 0 Å². The number of methoxy groups -OCH3 is 1. The minimum atomic E-state index is -1.07. The molecule has 0 spiro atoms. The van der Waals surface area contributed by atoms with Crippen LogP contribution in [0, 0.1) is 0 Å². The van der Waals surface area contributed by atoms with Crippen LogP contribution in [-0.4, -0.2) is 60.7 Å². The van der Waals surface area contributed by atoms with Gasteiger partial charge >= 0.3 is 18.4 Å². The van der Waals surface area contributed by atoms with Crippen molar-refractivity contribution in [2.24, 2.45) is 0 Å². The molecule has 8 heteroatoms. The maximum Gasteiger partial charge on any atom is 0.419 e. The molecule has 0 aliphatic heterocycles. The van der Waals surface area contributed by atoms with E-state index in [-0.39, 0.29) is 13.1 Å². The van der Waals surface area contributed by atoms with Gasteiger partial charge in [0.25, 0.3) is 0 Å². The molecule has 2 rings (SSSR count). The number of esters is 1. The summed E-state index contributed by atoms with van der Waals surface area (Å²) in [5.74, 6) is -1.48. The summed E-state index contributed by atoms with van der Waals surface area (Å²) >= 11 is 0. The summed E-state index contributed by atoms with van der Waals surface area (Å²) < 4.78 is 10.0. The van der Waals surface area contributed by atoms with Crippen LogP contribution < -0.4 is 5.32 Å². The van der Waals surface area contributed by atoms with E-state index < -0.39 is 30.3 Å². The zero-order valence-electron chi connectivity index (χ0n) is 17.6. The highest BCUT2D eigenvalue weighted by Gasteiger charge is 2.31. The van der Waals surface area contributed by atoms with E-state index in [0.717, 1.165) is 5.56 Å². The normalized spacial score (nSPS) is 13.8. The van der Waals surface area contributed by atoms with E-state index in [1.165, 1.54) is 25.4 Å². The first-order valence-electron chi connectivity index (χ1n) is 9.89. The molecule has 0 heterocycles. The first-order chi connectivity index (χ1) is 15.0.